The number of rotatable bonds is 3. The van der Waals surface area contributed by atoms with E-state index >= 15 is 0 Å². The third-order valence-corrected chi connectivity index (χ3v) is 3.46. The summed E-state index contributed by atoms with van der Waals surface area (Å²) in [5, 5.41) is 1.71. The summed E-state index contributed by atoms with van der Waals surface area (Å²) in [5.74, 6) is 0.237. The molecule has 3 heteroatoms. The molecule has 0 aliphatic rings. The summed E-state index contributed by atoms with van der Waals surface area (Å²) >= 11 is 0. The van der Waals surface area contributed by atoms with Crippen LogP contribution in [0.15, 0.2) is 60.7 Å². The number of hydrogen-bond donors (Lipinski definition) is 0. The van der Waals surface area contributed by atoms with E-state index in [4.69, 9.17) is 4.74 Å². The average Bonchev–Trinajstić information content (AvgIpc) is 2.54. The number of carbonyl (C=O) groups excluding carboxylic acids is 1. The van der Waals surface area contributed by atoms with Crippen molar-refractivity contribution in [2.75, 3.05) is 7.11 Å². The Kier molecular flexibility index (Phi) is 3.40. The van der Waals surface area contributed by atoms with Gasteiger partial charge in [-0.2, -0.15) is 0 Å². The highest BCUT2D eigenvalue weighted by atomic mass is 19.1. The van der Waals surface area contributed by atoms with Gasteiger partial charge in [0.25, 0.3) is 0 Å². The Labute approximate surface area is 121 Å². The summed E-state index contributed by atoms with van der Waals surface area (Å²) in [4.78, 5) is 12.6. The normalized spacial score (nSPS) is 10.6. The van der Waals surface area contributed by atoms with Gasteiger partial charge in [-0.1, -0.05) is 24.3 Å². The molecular weight excluding hydrogens is 267 g/mol. The Balaban J connectivity index is 2.16. The molecule has 0 fully saturated rings. The van der Waals surface area contributed by atoms with Gasteiger partial charge in [-0.25, -0.2) is 4.39 Å². The molecule has 0 N–H and O–H groups in total. The molecule has 0 spiro atoms. The van der Waals surface area contributed by atoms with Crippen LogP contribution < -0.4 is 4.74 Å². The standard InChI is InChI=1S/C18H13FO2/c1-21-17-11-10-16(14-4-2-3-5-15(14)17)18(20)12-6-8-13(19)9-7-12/h2-11H,1H3. The molecule has 0 saturated carbocycles. The fraction of sp³-hybridized carbons (Fsp3) is 0.0556. The lowest BCUT2D eigenvalue weighted by Crippen LogP contribution is -2.02. The fourth-order valence-electron chi connectivity index (χ4n) is 2.40. The first-order valence-corrected chi connectivity index (χ1v) is 6.56. The predicted octanol–water partition coefficient (Wildman–Crippen LogP) is 4.22. The van der Waals surface area contributed by atoms with Crippen LogP contribution in [0, 0.1) is 5.82 Å². The number of halogens is 1. The van der Waals surface area contributed by atoms with E-state index in [1.165, 1.54) is 24.3 Å². The minimum absolute atomic E-state index is 0.131. The Morgan fingerprint density at radius 1 is 0.905 bits per heavy atom. The number of methoxy groups -OCH3 is 1. The van der Waals surface area contributed by atoms with Crippen LogP contribution in [0.2, 0.25) is 0 Å². The number of benzene rings is 3. The molecular formula is C18H13FO2. The molecule has 0 unspecified atom stereocenters. The van der Waals surface area contributed by atoms with Gasteiger partial charge in [-0.15, -0.1) is 0 Å². The molecule has 0 amide bonds. The van der Waals surface area contributed by atoms with Crippen molar-refractivity contribution < 1.29 is 13.9 Å². The summed E-state index contributed by atoms with van der Waals surface area (Å²) in [6.45, 7) is 0. The number of ketones is 1. The quantitative estimate of drug-likeness (QED) is 0.671. The van der Waals surface area contributed by atoms with Crippen molar-refractivity contribution in [2.24, 2.45) is 0 Å². The topological polar surface area (TPSA) is 26.3 Å². The van der Waals surface area contributed by atoms with E-state index < -0.39 is 0 Å². The molecule has 0 bridgehead atoms. The second-order valence-electron chi connectivity index (χ2n) is 4.70. The molecule has 0 saturated heterocycles. The zero-order valence-corrected chi connectivity index (χ0v) is 11.5. The van der Waals surface area contributed by atoms with Crippen molar-refractivity contribution in [1.82, 2.24) is 0 Å². The van der Waals surface area contributed by atoms with Crippen molar-refractivity contribution in [3.8, 4) is 5.75 Å². The van der Waals surface area contributed by atoms with E-state index in [2.05, 4.69) is 0 Å². The maximum atomic E-state index is 13.0. The van der Waals surface area contributed by atoms with Crippen LogP contribution in [0.4, 0.5) is 4.39 Å². The van der Waals surface area contributed by atoms with Crippen molar-refractivity contribution in [2.45, 2.75) is 0 Å². The van der Waals surface area contributed by atoms with Crippen LogP contribution in [-0.2, 0) is 0 Å². The predicted molar refractivity (Wildman–Crippen MR) is 80.3 cm³/mol. The van der Waals surface area contributed by atoms with Crippen LogP contribution >= 0.6 is 0 Å². The highest BCUT2D eigenvalue weighted by Gasteiger charge is 2.14. The van der Waals surface area contributed by atoms with Gasteiger partial charge in [0.05, 0.1) is 7.11 Å². The molecule has 0 atom stereocenters. The molecule has 0 aliphatic heterocycles. The average molecular weight is 280 g/mol. The van der Waals surface area contributed by atoms with Gasteiger partial charge >= 0.3 is 0 Å². The summed E-state index contributed by atoms with van der Waals surface area (Å²) in [6.07, 6.45) is 0. The van der Waals surface area contributed by atoms with E-state index in [-0.39, 0.29) is 11.6 Å². The smallest absolute Gasteiger partial charge is 0.193 e. The van der Waals surface area contributed by atoms with Crippen LogP contribution in [0.1, 0.15) is 15.9 Å². The van der Waals surface area contributed by atoms with Gasteiger partial charge in [0.15, 0.2) is 5.78 Å². The Morgan fingerprint density at radius 2 is 1.57 bits per heavy atom. The van der Waals surface area contributed by atoms with Crippen LogP contribution in [0.3, 0.4) is 0 Å². The molecule has 3 rings (SSSR count). The van der Waals surface area contributed by atoms with Crippen molar-refractivity contribution in [1.29, 1.82) is 0 Å². The SMILES string of the molecule is COc1ccc(C(=O)c2ccc(F)cc2)c2ccccc12. The summed E-state index contributed by atoms with van der Waals surface area (Å²) in [6, 6.07) is 16.7. The van der Waals surface area contributed by atoms with Crippen molar-refractivity contribution in [3.05, 3.63) is 77.6 Å². The molecule has 0 aliphatic carbocycles. The summed E-state index contributed by atoms with van der Waals surface area (Å²) in [5.41, 5.74) is 1.05. The number of fused-ring (bicyclic) bond motifs is 1. The maximum Gasteiger partial charge on any atom is 0.193 e. The van der Waals surface area contributed by atoms with E-state index in [0.717, 1.165) is 16.5 Å². The van der Waals surface area contributed by atoms with Gasteiger partial charge < -0.3 is 4.74 Å². The number of carbonyl (C=O) groups is 1. The second-order valence-corrected chi connectivity index (χ2v) is 4.70. The van der Waals surface area contributed by atoms with Gasteiger partial charge in [0.1, 0.15) is 11.6 Å². The first-order chi connectivity index (χ1) is 10.2. The monoisotopic (exact) mass is 280 g/mol. The number of ether oxygens (including phenoxy) is 1. The van der Waals surface area contributed by atoms with Crippen LogP contribution in [-0.4, -0.2) is 12.9 Å². The minimum atomic E-state index is -0.355. The molecule has 3 aromatic carbocycles. The lowest BCUT2D eigenvalue weighted by atomic mass is 9.97. The largest absolute Gasteiger partial charge is 0.496 e. The second kappa shape index (κ2) is 5.37. The zero-order valence-electron chi connectivity index (χ0n) is 11.5. The van der Waals surface area contributed by atoms with E-state index in [1.807, 2.05) is 24.3 Å². The van der Waals surface area contributed by atoms with E-state index in [9.17, 15) is 9.18 Å². The lowest BCUT2D eigenvalue weighted by molar-refractivity contribution is 0.104. The van der Waals surface area contributed by atoms with E-state index in [0.29, 0.717) is 11.1 Å². The molecule has 3 aromatic rings. The molecule has 0 radical (unpaired) electrons. The van der Waals surface area contributed by atoms with Crippen molar-refractivity contribution in [3.63, 3.8) is 0 Å². The first kappa shape index (κ1) is 13.3. The Hall–Kier alpha value is -2.68. The molecule has 104 valence electrons. The van der Waals surface area contributed by atoms with Gasteiger partial charge in [0, 0.05) is 16.5 Å². The number of hydrogen-bond acceptors (Lipinski definition) is 2. The lowest BCUT2D eigenvalue weighted by Gasteiger charge is -2.10. The Morgan fingerprint density at radius 3 is 2.24 bits per heavy atom. The van der Waals surface area contributed by atoms with Crippen molar-refractivity contribution >= 4 is 16.6 Å². The minimum Gasteiger partial charge on any atom is -0.496 e. The first-order valence-electron chi connectivity index (χ1n) is 6.56. The fourth-order valence-corrected chi connectivity index (χ4v) is 2.40. The third-order valence-electron chi connectivity index (χ3n) is 3.46. The Bertz CT molecular complexity index is 807. The van der Waals surface area contributed by atoms with Gasteiger partial charge in [-0.3, -0.25) is 4.79 Å². The highest BCUT2D eigenvalue weighted by Crippen LogP contribution is 2.29. The van der Waals surface area contributed by atoms with E-state index in [1.54, 1.807) is 19.2 Å². The maximum absolute atomic E-state index is 13.0. The van der Waals surface area contributed by atoms with Gasteiger partial charge in [-0.05, 0) is 41.8 Å². The molecule has 0 heterocycles. The summed E-state index contributed by atoms with van der Waals surface area (Å²) in [7, 11) is 1.60. The molecule has 2 nitrogen and oxygen atoms in total. The van der Waals surface area contributed by atoms with Crippen LogP contribution in [0.25, 0.3) is 10.8 Å². The molecule has 0 aromatic heterocycles. The van der Waals surface area contributed by atoms with Gasteiger partial charge in [0.2, 0.25) is 0 Å². The summed E-state index contributed by atoms with van der Waals surface area (Å²) < 4.78 is 18.3. The van der Waals surface area contributed by atoms with Crippen LogP contribution in [0.5, 0.6) is 5.75 Å². The zero-order chi connectivity index (χ0) is 14.8. The molecule has 21 heavy (non-hydrogen) atoms. The highest BCUT2D eigenvalue weighted by molar-refractivity contribution is 6.17. The third kappa shape index (κ3) is 2.38.